The molecule has 6 heteroatoms. The predicted octanol–water partition coefficient (Wildman–Crippen LogP) is 1.68. The van der Waals surface area contributed by atoms with Crippen molar-refractivity contribution in [3.05, 3.63) is 59.7 Å². The van der Waals surface area contributed by atoms with E-state index >= 15 is 0 Å². The van der Waals surface area contributed by atoms with Gasteiger partial charge in [-0.1, -0.05) is 24.3 Å². The number of amides is 3. The minimum absolute atomic E-state index is 0.0751. The second kappa shape index (κ2) is 4.95. The van der Waals surface area contributed by atoms with Crippen LogP contribution in [-0.2, 0) is 4.79 Å². The molecule has 0 aliphatic carbocycles. The summed E-state index contributed by atoms with van der Waals surface area (Å²) >= 11 is 0. The van der Waals surface area contributed by atoms with Gasteiger partial charge in [0.1, 0.15) is 12.4 Å². The van der Waals surface area contributed by atoms with Crippen LogP contribution in [0.4, 0.5) is 5.69 Å². The molecule has 4 rings (SSSR count). The fourth-order valence-corrected chi connectivity index (χ4v) is 2.84. The van der Waals surface area contributed by atoms with Crippen molar-refractivity contribution in [3.8, 4) is 5.75 Å². The zero-order chi connectivity index (χ0) is 16.0. The molecule has 23 heavy (non-hydrogen) atoms. The van der Waals surface area contributed by atoms with Gasteiger partial charge in [0.05, 0.1) is 16.8 Å². The zero-order valence-electron chi connectivity index (χ0n) is 12.0. The Morgan fingerprint density at radius 3 is 2.22 bits per heavy atom. The number of imide groups is 1. The fraction of sp³-hybridized carbons (Fsp3) is 0.118. The van der Waals surface area contributed by atoms with Gasteiger partial charge >= 0.3 is 0 Å². The van der Waals surface area contributed by atoms with Crippen LogP contribution in [0.3, 0.4) is 0 Å². The number of rotatable bonds is 1. The number of carbonyl (C=O) groups excluding carboxylic acids is 3. The number of anilines is 1. The Labute approximate surface area is 131 Å². The smallest absolute Gasteiger partial charge is 0.262 e. The minimum atomic E-state index is -1.00. The first-order valence-corrected chi connectivity index (χ1v) is 7.16. The largest absolute Gasteiger partial charge is 0.489 e. The van der Waals surface area contributed by atoms with Crippen LogP contribution in [-0.4, -0.2) is 35.3 Å². The van der Waals surface area contributed by atoms with Crippen molar-refractivity contribution in [2.24, 2.45) is 0 Å². The van der Waals surface area contributed by atoms with Crippen LogP contribution in [0.15, 0.2) is 48.5 Å². The summed E-state index contributed by atoms with van der Waals surface area (Å²) in [6, 6.07) is 12.5. The van der Waals surface area contributed by atoms with E-state index in [1.807, 2.05) is 0 Å². The summed E-state index contributed by atoms with van der Waals surface area (Å²) in [4.78, 5) is 38.5. The molecule has 1 N–H and O–H groups in total. The first-order chi connectivity index (χ1) is 11.2. The predicted molar refractivity (Wildman–Crippen MR) is 81.3 cm³/mol. The Morgan fingerprint density at radius 2 is 1.52 bits per heavy atom. The molecule has 114 valence electrons. The molecule has 2 aliphatic rings. The van der Waals surface area contributed by atoms with E-state index in [1.165, 1.54) is 0 Å². The van der Waals surface area contributed by atoms with E-state index in [0.29, 0.717) is 22.6 Å². The highest BCUT2D eigenvalue weighted by Gasteiger charge is 2.43. The number of carbonyl (C=O) groups is 3. The number of hydrogen-bond acceptors (Lipinski definition) is 4. The van der Waals surface area contributed by atoms with Crippen LogP contribution in [0.2, 0.25) is 0 Å². The van der Waals surface area contributed by atoms with Gasteiger partial charge in [0, 0.05) is 0 Å². The maximum atomic E-state index is 12.5. The first-order valence-electron chi connectivity index (χ1n) is 7.16. The number of nitrogens with zero attached hydrogens (tertiary/aromatic N) is 1. The number of fused-ring (bicyclic) bond motifs is 2. The average Bonchev–Trinajstić information content (AvgIpc) is 2.71. The number of para-hydroxylation sites is 2. The van der Waals surface area contributed by atoms with E-state index in [2.05, 4.69) is 5.32 Å². The van der Waals surface area contributed by atoms with Crippen molar-refractivity contribution in [2.45, 2.75) is 6.04 Å². The van der Waals surface area contributed by atoms with Gasteiger partial charge < -0.3 is 10.1 Å². The summed E-state index contributed by atoms with van der Waals surface area (Å²) < 4.78 is 5.61. The van der Waals surface area contributed by atoms with Crippen LogP contribution >= 0.6 is 0 Å². The van der Waals surface area contributed by atoms with E-state index in [1.54, 1.807) is 48.5 Å². The van der Waals surface area contributed by atoms with Gasteiger partial charge in [0.15, 0.2) is 6.04 Å². The van der Waals surface area contributed by atoms with Crippen molar-refractivity contribution < 1.29 is 19.1 Å². The van der Waals surface area contributed by atoms with Gasteiger partial charge in [-0.15, -0.1) is 0 Å². The Morgan fingerprint density at radius 1 is 0.913 bits per heavy atom. The molecule has 0 spiro atoms. The first kappa shape index (κ1) is 13.5. The standard InChI is InChI=1S/C17H12N2O4/c20-15-13(9-23-14-8-4-3-7-12(14)18-15)19-16(21)10-5-1-2-6-11(10)17(19)22/h1-8,13H,9H2,(H,18,20). The van der Waals surface area contributed by atoms with Gasteiger partial charge in [-0.2, -0.15) is 0 Å². The second-order valence-corrected chi connectivity index (χ2v) is 5.34. The lowest BCUT2D eigenvalue weighted by Gasteiger charge is -2.22. The van der Waals surface area contributed by atoms with Crippen molar-refractivity contribution in [2.75, 3.05) is 11.9 Å². The molecule has 3 amide bonds. The number of benzene rings is 2. The molecular weight excluding hydrogens is 296 g/mol. The Balaban J connectivity index is 1.69. The SMILES string of the molecule is O=C1Nc2ccccc2OCC1N1C(=O)c2ccccc2C1=O. The van der Waals surface area contributed by atoms with Crippen LogP contribution < -0.4 is 10.1 Å². The fourth-order valence-electron chi connectivity index (χ4n) is 2.84. The molecule has 1 atom stereocenters. The molecule has 2 aromatic rings. The van der Waals surface area contributed by atoms with Crippen LogP contribution in [0, 0.1) is 0 Å². The Hall–Kier alpha value is -3.15. The van der Waals surface area contributed by atoms with Crippen LogP contribution in [0.5, 0.6) is 5.75 Å². The molecule has 2 heterocycles. The van der Waals surface area contributed by atoms with E-state index in [-0.39, 0.29) is 6.61 Å². The molecule has 0 saturated carbocycles. The summed E-state index contributed by atoms with van der Waals surface area (Å²) in [6.07, 6.45) is 0. The van der Waals surface area contributed by atoms with E-state index in [4.69, 9.17) is 4.74 Å². The third-order valence-electron chi connectivity index (χ3n) is 3.98. The summed E-state index contributed by atoms with van der Waals surface area (Å²) in [5.41, 5.74) is 1.15. The lowest BCUT2D eigenvalue weighted by molar-refractivity contribution is -0.120. The highest BCUT2D eigenvalue weighted by atomic mass is 16.5. The van der Waals surface area contributed by atoms with Crippen molar-refractivity contribution in [3.63, 3.8) is 0 Å². The van der Waals surface area contributed by atoms with E-state index in [9.17, 15) is 14.4 Å². The van der Waals surface area contributed by atoms with Gasteiger partial charge in [-0.3, -0.25) is 19.3 Å². The topological polar surface area (TPSA) is 75.7 Å². The summed E-state index contributed by atoms with van der Waals surface area (Å²) in [7, 11) is 0. The number of nitrogens with one attached hydrogen (secondary N) is 1. The maximum Gasteiger partial charge on any atom is 0.262 e. The highest BCUT2D eigenvalue weighted by Crippen LogP contribution is 2.30. The molecule has 0 saturated heterocycles. The second-order valence-electron chi connectivity index (χ2n) is 5.34. The molecule has 0 radical (unpaired) electrons. The molecule has 0 bridgehead atoms. The van der Waals surface area contributed by atoms with Gasteiger partial charge in [0.25, 0.3) is 17.7 Å². The molecule has 0 fully saturated rings. The summed E-state index contributed by atoms with van der Waals surface area (Å²) in [5.74, 6) is -0.870. The van der Waals surface area contributed by atoms with E-state index < -0.39 is 23.8 Å². The molecule has 2 aliphatic heterocycles. The summed E-state index contributed by atoms with van der Waals surface area (Å²) in [5, 5.41) is 2.71. The lowest BCUT2D eigenvalue weighted by atomic mass is 10.1. The van der Waals surface area contributed by atoms with Crippen LogP contribution in [0.25, 0.3) is 0 Å². The maximum absolute atomic E-state index is 12.5. The Kier molecular flexibility index (Phi) is 2.90. The Bertz CT molecular complexity index is 811. The summed E-state index contributed by atoms with van der Waals surface area (Å²) in [6.45, 7) is -0.0751. The minimum Gasteiger partial charge on any atom is -0.489 e. The van der Waals surface area contributed by atoms with Gasteiger partial charge in [0.2, 0.25) is 0 Å². The van der Waals surface area contributed by atoms with Crippen molar-refractivity contribution in [1.82, 2.24) is 4.90 Å². The van der Waals surface area contributed by atoms with Gasteiger partial charge in [-0.05, 0) is 24.3 Å². The zero-order valence-corrected chi connectivity index (χ0v) is 12.0. The van der Waals surface area contributed by atoms with Crippen LogP contribution in [0.1, 0.15) is 20.7 Å². The molecule has 6 nitrogen and oxygen atoms in total. The highest BCUT2D eigenvalue weighted by molar-refractivity contribution is 6.23. The van der Waals surface area contributed by atoms with Crippen molar-refractivity contribution in [1.29, 1.82) is 0 Å². The molecule has 0 aromatic heterocycles. The van der Waals surface area contributed by atoms with Gasteiger partial charge in [-0.25, -0.2) is 0 Å². The monoisotopic (exact) mass is 308 g/mol. The molecule has 2 aromatic carbocycles. The third kappa shape index (κ3) is 1.99. The quantitative estimate of drug-likeness (QED) is 0.813. The normalized spacial score (nSPS) is 19.6. The number of ether oxygens (including phenoxy) is 1. The van der Waals surface area contributed by atoms with E-state index in [0.717, 1.165) is 4.90 Å². The average molecular weight is 308 g/mol. The molecular formula is C17H12N2O4. The van der Waals surface area contributed by atoms with Crippen molar-refractivity contribution >= 4 is 23.4 Å². The molecule has 1 unspecified atom stereocenters. The number of hydrogen-bond donors (Lipinski definition) is 1. The lowest BCUT2D eigenvalue weighted by Crippen LogP contribution is -2.49. The third-order valence-corrected chi connectivity index (χ3v) is 3.98.